The molecule has 0 unspecified atom stereocenters. The fraction of sp³-hybridized carbons (Fsp3) is 0.474. The van der Waals surface area contributed by atoms with E-state index in [9.17, 15) is 9.59 Å². The zero-order valence-electron chi connectivity index (χ0n) is 15.6. The van der Waals surface area contributed by atoms with Crippen LogP contribution in [0.15, 0.2) is 24.3 Å². The minimum Gasteiger partial charge on any atom is -0.342 e. The molecule has 8 heteroatoms. The molecule has 27 heavy (non-hydrogen) atoms. The van der Waals surface area contributed by atoms with Gasteiger partial charge in [-0.25, -0.2) is 0 Å². The molecular formula is C19H24N4O2S2. The molecule has 0 spiro atoms. The molecular weight excluding hydrogens is 380 g/mol. The number of benzene rings is 1. The molecule has 144 valence electrons. The predicted molar refractivity (Wildman–Crippen MR) is 110 cm³/mol. The molecule has 0 radical (unpaired) electrons. The highest BCUT2D eigenvalue weighted by atomic mass is 32.2. The van der Waals surface area contributed by atoms with Crippen molar-refractivity contribution in [3.8, 4) is 0 Å². The summed E-state index contributed by atoms with van der Waals surface area (Å²) in [7, 11) is 0. The molecule has 3 rings (SSSR count). The van der Waals surface area contributed by atoms with Gasteiger partial charge in [0.1, 0.15) is 5.01 Å². The second kappa shape index (κ2) is 9.32. The molecule has 1 aliphatic heterocycles. The first-order valence-corrected chi connectivity index (χ1v) is 11.0. The smallest absolute Gasteiger partial charge is 0.286 e. The van der Waals surface area contributed by atoms with Crippen LogP contribution in [0.2, 0.25) is 0 Å². The molecule has 0 aliphatic carbocycles. The van der Waals surface area contributed by atoms with Gasteiger partial charge in [-0.15, -0.1) is 22.0 Å². The van der Waals surface area contributed by atoms with Crippen molar-refractivity contribution >= 4 is 40.6 Å². The molecule has 1 fully saturated rings. The summed E-state index contributed by atoms with van der Waals surface area (Å²) < 4.78 is 0. The summed E-state index contributed by atoms with van der Waals surface area (Å²) in [4.78, 5) is 26.5. The number of carbonyl (C=O) groups excluding carboxylic acids is 2. The van der Waals surface area contributed by atoms with Crippen LogP contribution in [0.3, 0.4) is 0 Å². The summed E-state index contributed by atoms with van der Waals surface area (Å²) >= 11 is 2.80. The summed E-state index contributed by atoms with van der Waals surface area (Å²) in [5, 5.41) is 12.0. The lowest BCUT2D eigenvalue weighted by molar-refractivity contribution is -0.129. The summed E-state index contributed by atoms with van der Waals surface area (Å²) in [6.45, 7) is 5.96. The monoisotopic (exact) mass is 404 g/mol. The quantitative estimate of drug-likeness (QED) is 0.796. The molecule has 1 aliphatic rings. The highest BCUT2D eigenvalue weighted by Crippen LogP contribution is 2.20. The van der Waals surface area contributed by atoms with Crippen LogP contribution >= 0.6 is 23.1 Å². The van der Waals surface area contributed by atoms with Crippen LogP contribution in [-0.2, 0) is 10.5 Å². The number of thioether (sulfide) groups is 1. The number of hydrogen-bond acceptors (Lipinski definition) is 6. The molecule has 6 nitrogen and oxygen atoms in total. The normalized spacial score (nSPS) is 15.0. The Morgan fingerprint density at radius 2 is 1.93 bits per heavy atom. The van der Waals surface area contributed by atoms with E-state index in [0.29, 0.717) is 22.4 Å². The largest absolute Gasteiger partial charge is 0.342 e. The van der Waals surface area contributed by atoms with E-state index in [1.54, 1.807) is 0 Å². The molecule has 1 aromatic heterocycles. The number of aryl methyl sites for hydroxylation is 1. The van der Waals surface area contributed by atoms with Crippen LogP contribution in [0.4, 0.5) is 5.69 Å². The van der Waals surface area contributed by atoms with Crippen LogP contribution in [0, 0.1) is 12.8 Å². The molecule has 0 saturated carbocycles. The van der Waals surface area contributed by atoms with E-state index in [0.717, 1.165) is 42.2 Å². The predicted octanol–water partition coefficient (Wildman–Crippen LogP) is 3.59. The molecule has 2 aromatic rings. The number of amides is 2. The summed E-state index contributed by atoms with van der Waals surface area (Å²) in [5.41, 5.74) is 1.87. The Kier molecular flexibility index (Phi) is 6.84. The Morgan fingerprint density at radius 3 is 2.63 bits per heavy atom. The zero-order chi connectivity index (χ0) is 19.2. The molecule has 2 heterocycles. The molecule has 1 N–H and O–H groups in total. The van der Waals surface area contributed by atoms with Gasteiger partial charge in [0.2, 0.25) is 10.9 Å². The van der Waals surface area contributed by atoms with Gasteiger partial charge in [0, 0.05) is 24.5 Å². The van der Waals surface area contributed by atoms with Gasteiger partial charge < -0.3 is 10.2 Å². The lowest BCUT2D eigenvalue weighted by Crippen LogP contribution is -2.38. The minimum absolute atomic E-state index is 0.189. The van der Waals surface area contributed by atoms with Crippen molar-refractivity contribution in [2.75, 3.05) is 24.2 Å². The topological polar surface area (TPSA) is 75.2 Å². The van der Waals surface area contributed by atoms with E-state index in [1.807, 2.05) is 36.1 Å². The standard InChI is InChI=1S/C19H24N4O2S2/c1-13-3-5-15(6-4-13)20-18(25)19-22-21-16(27-19)11-26-12-17(24)23-9-7-14(2)8-10-23/h3-6,14H,7-12H2,1-2H3,(H,20,25). The first kappa shape index (κ1) is 19.8. The number of likely N-dealkylation sites (tertiary alicyclic amines) is 1. The number of rotatable bonds is 6. The van der Waals surface area contributed by atoms with Crippen LogP contribution in [0.25, 0.3) is 0 Å². The van der Waals surface area contributed by atoms with Gasteiger partial charge in [-0.05, 0) is 37.8 Å². The molecule has 0 atom stereocenters. The van der Waals surface area contributed by atoms with Crippen LogP contribution in [0.5, 0.6) is 0 Å². The number of nitrogens with zero attached hydrogens (tertiary/aromatic N) is 3. The van der Waals surface area contributed by atoms with Crippen LogP contribution in [0.1, 0.15) is 40.1 Å². The summed E-state index contributed by atoms with van der Waals surface area (Å²) in [5.74, 6) is 1.68. The Labute approximate surface area is 167 Å². The van der Waals surface area contributed by atoms with Crippen LogP contribution < -0.4 is 5.32 Å². The van der Waals surface area contributed by atoms with E-state index in [-0.39, 0.29) is 11.8 Å². The Balaban J connectivity index is 1.44. The maximum Gasteiger partial charge on any atom is 0.286 e. The first-order valence-electron chi connectivity index (χ1n) is 9.07. The molecule has 1 saturated heterocycles. The van der Waals surface area contributed by atoms with Crippen molar-refractivity contribution in [1.29, 1.82) is 0 Å². The average Bonchev–Trinajstić information content (AvgIpc) is 3.13. The molecule has 1 aromatic carbocycles. The third-order valence-electron chi connectivity index (χ3n) is 4.56. The van der Waals surface area contributed by atoms with E-state index >= 15 is 0 Å². The van der Waals surface area contributed by atoms with E-state index < -0.39 is 0 Å². The average molecular weight is 405 g/mol. The van der Waals surface area contributed by atoms with Gasteiger partial charge in [-0.2, -0.15) is 0 Å². The molecule has 2 amide bonds. The van der Waals surface area contributed by atoms with Crippen molar-refractivity contribution in [2.24, 2.45) is 5.92 Å². The highest BCUT2D eigenvalue weighted by Gasteiger charge is 2.20. The minimum atomic E-state index is -0.258. The highest BCUT2D eigenvalue weighted by molar-refractivity contribution is 7.99. The maximum atomic E-state index is 12.3. The van der Waals surface area contributed by atoms with Crippen molar-refractivity contribution in [2.45, 2.75) is 32.4 Å². The van der Waals surface area contributed by atoms with Gasteiger partial charge in [0.25, 0.3) is 5.91 Å². The van der Waals surface area contributed by atoms with Crippen LogP contribution in [-0.4, -0.2) is 45.8 Å². The van der Waals surface area contributed by atoms with Gasteiger partial charge in [0.15, 0.2) is 0 Å². The van der Waals surface area contributed by atoms with Gasteiger partial charge >= 0.3 is 0 Å². The van der Waals surface area contributed by atoms with Gasteiger partial charge in [-0.3, -0.25) is 9.59 Å². The van der Waals surface area contributed by atoms with E-state index in [1.165, 1.54) is 23.1 Å². The first-order chi connectivity index (χ1) is 13.0. The Bertz CT molecular complexity index is 783. The summed E-state index contributed by atoms with van der Waals surface area (Å²) in [6, 6.07) is 7.60. The third kappa shape index (κ3) is 5.77. The Morgan fingerprint density at radius 1 is 1.22 bits per heavy atom. The SMILES string of the molecule is Cc1ccc(NC(=O)c2nnc(CSCC(=O)N3CCC(C)CC3)s2)cc1. The van der Waals surface area contributed by atoms with Gasteiger partial charge in [0.05, 0.1) is 5.75 Å². The lowest BCUT2D eigenvalue weighted by Gasteiger charge is -2.30. The second-order valence-corrected chi connectivity index (χ2v) is 8.92. The summed E-state index contributed by atoms with van der Waals surface area (Å²) in [6.07, 6.45) is 2.18. The maximum absolute atomic E-state index is 12.3. The van der Waals surface area contributed by atoms with Crippen molar-refractivity contribution in [3.63, 3.8) is 0 Å². The van der Waals surface area contributed by atoms with Gasteiger partial charge in [-0.1, -0.05) is 36.0 Å². The van der Waals surface area contributed by atoms with Crippen molar-refractivity contribution < 1.29 is 9.59 Å². The zero-order valence-corrected chi connectivity index (χ0v) is 17.2. The van der Waals surface area contributed by atoms with Crippen molar-refractivity contribution in [3.05, 3.63) is 39.8 Å². The molecule has 0 bridgehead atoms. The number of hydrogen-bond donors (Lipinski definition) is 1. The van der Waals surface area contributed by atoms with E-state index in [4.69, 9.17) is 0 Å². The fourth-order valence-corrected chi connectivity index (χ4v) is 4.51. The Hall–Kier alpha value is -1.93. The fourth-order valence-electron chi connectivity index (χ4n) is 2.80. The number of carbonyl (C=O) groups is 2. The number of nitrogens with one attached hydrogen (secondary N) is 1. The number of piperidine rings is 1. The lowest BCUT2D eigenvalue weighted by atomic mass is 9.99. The third-order valence-corrected chi connectivity index (χ3v) is 6.59. The number of aromatic nitrogens is 2. The second-order valence-electron chi connectivity index (χ2n) is 6.88. The van der Waals surface area contributed by atoms with E-state index in [2.05, 4.69) is 22.4 Å². The van der Waals surface area contributed by atoms with Crippen molar-refractivity contribution in [1.82, 2.24) is 15.1 Å². The number of anilines is 1.